The van der Waals surface area contributed by atoms with Crippen molar-refractivity contribution in [2.24, 2.45) is 0 Å². The number of nitrogens with one attached hydrogen (secondary N) is 2. The quantitative estimate of drug-likeness (QED) is 0.312. The normalized spacial score (nSPS) is 13.9. The smallest absolute Gasteiger partial charge is 0.329 e. The van der Waals surface area contributed by atoms with Crippen molar-refractivity contribution in [3.05, 3.63) is 74.6 Å². The standard InChI is InChI=1S/C24H28N2O3.C2H4O3/c1-3-14-9-16-11-18(12-17(16)10-15(14)4-2)25-13-22(28)19-5-7-21(27)24-20(19)6-8-23(29)26-24;3-1-2(4)5/h5-10,18,22,25,27-28H,3-4,11-13H2,1-2H3,(H,26,29);3H,1H2,(H,4,5). The van der Waals surface area contributed by atoms with Crippen LogP contribution in [0.25, 0.3) is 10.9 Å². The summed E-state index contributed by atoms with van der Waals surface area (Å²) in [6.07, 6.45) is 3.34. The molecule has 34 heavy (non-hydrogen) atoms. The summed E-state index contributed by atoms with van der Waals surface area (Å²) in [7, 11) is 0. The number of aliphatic hydroxyl groups is 2. The van der Waals surface area contributed by atoms with Crippen molar-refractivity contribution in [3.8, 4) is 5.75 Å². The summed E-state index contributed by atoms with van der Waals surface area (Å²) in [4.78, 5) is 23.3. The van der Waals surface area contributed by atoms with Gasteiger partial charge in [0.2, 0.25) is 5.56 Å². The summed E-state index contributed by atoms with van der Waals surface area (Å²) in [6.45, 7) is 4.05. The average molecular weight is 469 g/mol. The molecule has 0 saturated heterocycles. The van der Waals surface area contributed by atoms with Crippen LogP contribution in [0.4, 0.5) is 0 Å². The lowest BCUT2D eigenvalue weighted by Gasteiger charge is -2.18. The van der Waals surface area contributed by atoms with Crippen molar-refractivity contribution in [1.82, 2.24) is 10.3 Å². The van der Waals surface area contributed by atoms with Gasteiger partial charge in [-0.25, -0.2) is 4.79 Å². The van der Waals surface area contributed by atoms with Crippen LogP contribution in [0.5, 0.6) is 5.75 Å². The highest BCUT2D eigenvalue weighted by molar-refractivity contribution is 5.87. The number of fused-ring (bicyclic) bond motifs is 2. The monoisotopic (exact) mass is 468 g/mol. The maximum Gasteiger partial charge on any atom is 0.329 e. The topological polar surface area (TPSA) is 143 Å². The maximum absolute atomic E-state index is 11.6. The largest absolute Gasteiger partial charge is 0.506 e. The number of hydrogen-bond donors (Lipinski definition) is 6. The second kappa shape index (κ2) is 11.3. The molecule has 4 rings (SSSR count). The highest BCUT2D eigenvalue weighted by Gasteiger charge is 2.24. The molecule has 0 aliphatic heterocycles. The van der Waals surface area contributed by atoms with Crippen molar-refractivity contribution in [3.63, 3.8) is 0 Å². The SMILES string of the molecule is CCc1cc2c(cc1CC)CC(NCC(O)c1ccc(O)c3[nH]c(=O)ccc13)C2.O=C(O)CO. The Balaban J connectivity index is 0.000000588. The van der Waals surface area contributed by atoms with E-state index in [0.29, 0.717) is 29.1 Å². The second-order valence-corrected chi connectivity index (χ2v) is 8.46. The third-order valence-electron chi connectivity index (χ3n) is 6.22. The molecule has 6 N–H and O–H groups in total. The molecule has 0 fully saturated rings. The van der Waals surface area contributed by atoms with E-state index in [4.69, 9.17) is 15.0 Å². The first-order chi connectivity index (χ1) is 16.3. The van der Waals surface area contributed by atoms with Crippen LogP contribution in [0.15, 0.2) is 41.2 Å². The number of aryl methyl sites for hydroxylation is 2. The minimum Gasteiger partial charge on any atom is -0.506 e. The first-order valence-electron chi connectivity index (χ1n) is 11.5. The lowest BCUT2D eigenvalue weighted by Crippen LogP contribution is -2.33. The van der Waals surface area contributed by atoms with Gasteiger partial charge < -0.3 is 30.7 Å². The summed E-state index contributed by atoms with van der Waals surface area (Å²) >= 11 is 0. The van der Waals surface area contributed by atoms with E-state index in [0.717, 1.165) is 25.7 Å². The zero-order valence-electron chi connectivity index (χ0n) is 19.5. The Morgan fingerprint density at radius 1 is 1.09 bits per heavy atom. The van der Waals surface area contributed by atoms with Gasteiger partial charge in [0.25, 0.3) is 0 Å². The van der Waals surface area contributed by atoms with Crippen molar-refractivity contribution < 1.29 is 25.2 Å². The summed E-state index contributed by atoms with van der Waals surface area (Å²) in [5.41, 5.74) is 6.49. The number of aromatic amines is 1. The van der Waals surface area contributed by atoms with Gasteiger partial charge in [-0.15, -0.1) is 0 Å². The van der Waals surface area contributed by atoms with Gasteiger partial charge in [0.15, 0.2) is 0 Å². The molecule has 2 aromatic carbocycles. The highest BCUT2D eigenvalue weighted by atomic mass is 16.4. The summed E-state index contributed by atoms with van der Waals surface area (Å²) in [5.74, 6) is -1.18. The number of aliphatic carboxylic acids is 1. The van der Waals surface area contributed by atoms with Crippen LogP contribution in [0.2, 0.25) is 0 Å². The molecule has 8 nitrogen and oxygen atoms in total. The molecular formula is C26H32N2O6. The van der Waals surface area contributed by atoms with E-state index in [1.54, 1.807) is 12.1 Å². The Morgan fingerprint density at radius 2 is 1.68 bits per heavy atom. The molecule has 1 unspecified atom stereocenters. The molecular weight excluding hydrogens is 436 g/mol. The molecule has 0 saturated carbocycles. The maximum atomic E-state index is 11.6. The summed E-state index contributed by atoms with van der Waals surface area (Å²) in [6, 6.07) is 11.3. The number of hydrogen-bond acceptors (Lipinski definition) is 6. The predicted molar refractivity (Wildman–Crippen MR) is 130 cm³/mol. The summed E-state index contributed by atoms with van der Waals surface area (Å²) in [5, 5.41) is 40.0. The van der Waals surface area contributed by atoms with Crippen molar-refractivity contribution >= 4 is 16.9 Å². The van der Waals surface area contributed by atoms with Gasteiger partial charge in [0, 0.05) is 24.0 Å². The van der Waals surface area contributed by atoms with Gasteiger partial charge in [0.1, 0.15) is 12.4 Å². The molecule has 3 aromatic rings. The number of carboxylic acids is 1. The zero-order chi connectivity index (χ0) is 24.8. The number of aromatic hydroxyl groups is 1. The van der Waals surface area contributed by atoms with Gasteiger partial charge in [-0.2, -0.15) is 0 Å². The van der Waals surface area contributed by atoms with E-state index in [1.807, 2.05) is 0 Å². The highest BCUT2D eigenvalue weighted by Crippen LogP contribution is 2.30. The molecule has 182 valence electrons. The molecule has 1 heterocycles. The Hall–Kier alpha value is -3.20. The van der Waals surface area contributed by atoms with Crippen LogP contribution in [0.3, 0.4) is 0 Å². The first-order valence-corrected chi connectivity index (χ1v) is 11.5. The van der Waals surface area contributed by atoms with Crippen LogP contribution in [-0.4, -0.2) is 50.6 Å². The van der Waals surface area contributed by atoms with Crippen molar-refractivity contribution in [2.45, 2.75) is 51.7 Å². The summed E-state index contributed by atoms with van der Waals surface area (Å²) < 4.78 is 0. The molecule has 1 aromatic heterocycles. The number of carbonyl (C=O) groups is 1. The number of phenolic OH excluding ortho intramolecular Hbond substituents is 1. The predicted octanol–water partition coefficient (Wildman–Crippen LogP) is 2.21. The number of aromatic nitrogens is 1. The van der Waals surface area contributed by atoms with Gasteiger partial charge >= 0.3 is 5.97 Å². The fourth-order valence-electron chi connectivity index (χ4n) is 4.51. The van der Waals surface area contributed by atoms with E-state index < -0.39 is 18.7 Å². The molecule has 0 amide bonds. The molecule has 0 spiro atoms. The van der Waals surface area contributed by atoms with Crippen LogP contribution < -0.4 is 10.9 Å². The number of phenols is 1. The second-order valence-electron chi connectivity index (χ2n) is 8.46. The Bertz CT molecular complexity index is 1190. The molecule has 1 aliphatic carbocycles. The minimum atomic E-state index is -1.19. The number of H-pyrrole nitrogens is 1. The fourth-order valence-corrected chi connectivity index (χ4v) is 4.51. The van der Waals surface area contributed by atoms with Gasteiger partial charge in [-0.05, 0) is 65.6 Å². The molecule has 0 radical (unpaired) electrons. The van der Waals surface area contributed by atoms with Crippen molar-refractivity contribution in [1.29, 1.82) is 0 Å². The first kappa shape index (κ1) is 25.4. The Morgan fingerprint density at radius 3 is 2.21 bits per heavy atom. The van der Waals surface area contributed by atoms with Gasteiger partial charge in [0.05, 0.1) is 11.6 Å². The number of benzene rings is 2. The number of pyridine rings is 1. The molecule has 1 atom stereocenters. The molecule has 8 heteroatoms. The molecule has 0 bridgehead atoms. The van der Waals surface area contributed by atoms with E-state index in [9.17, 15) is 15.0 Å². The van der Waals surface area contributed by atoms with E-state index in [1.165, 1.54) is 34.4 Å². The zero-order valence-corrected chi connectivity index (χ0v) is 19.5. The third-order valence-corrected chi connectivity index (χ3v) is 6.22. The van der Waals surface area contributed by atoms with Crippen LogP contribution in [-0.2, 0) is 30.5 Å². The minimum absolute atomic E-state index is 0.00584. The molecule has 1 aliphatic rings. The average Bonchev–Trinajstić information content (AvgIpc) is 3.24. The van der Waals surface area contributed by atoms with Crippen LogP contribution in [0, 0.1) is 0 Å². The van der Waals surface area contributed by atoms with E-state index in [2.05, 4.69) is 36.3 Å². The van der Waals surface area contributed by atoms with Crippen LogP contribution in [0.1, 0.15) is 47.8 Å². The lowest BCUT2D eigenvalue weighted by molar-refractivity contribution is -0.140. The number of rotatable bonds is 7. The number of carboxylic acid groups (broad SMARTS) is 1. The third kappa shape index (κ3) is 5.83. The fraction of sp³-hybridized carbons (Fsp3) is 0.385. The van der Waals surface area contributed by atoms with Crippen LogP contribution >= 0.6 is 0 Å². The Labute approximate surface area is 197 Å². The van der Waals surface area contributed by atoms with E-state index >= 15 is 0 Å². The number of aliphatic hydroxyl groups excluding tert-OH is 2. The van der Waals surface area contributed by atoms with Gasteiger partial charge in [-0.3, -0.25) is 4.79 Å². The Kier molecular flexibility index (Phi) is 8.44. The van der Waals surface area contributed by atoms with E-state index in [-0.39, 0.29) is 11.3 Å². The lowest BCUT2D eigenvalue weighted by atomic mass is 9.97. The van der Waals surface area contributed by atoms with Gasteiger partial charge in [-0.1, -0.05) is 32.0 Å². The van der Waals surface area contributed by atoms with Crippen molar-refractivity contribution in [2.75, 3.05) is 13.2 Å².